The number of sulfonamides is 1. The number of rotatable bonds is 9. The van der Waals surface area contributed by atoms with Gasteiger partial charge in [-0.05, 0) is 57.9 Å². The Morgan fingerprint density at radius 2 is 1.92 bits per heavy atom. The predicted octanol–water partition coefficient (Wildman–Crippen LogP) is 5.67. The smallest absolute Gasteiger partial charge is 0.412 e. The van der Waals surface area contributed by atoms with E-state index in [2.05, 4.69) is 10.3 Å². The molecule has 0 radical (unpaired) electrons. The first-order valence-corrected chi connectivity index (χ1v) is 13.4. The molecule has 0 spiro atoms. The van der Waals surface area contributed by atoms with Gasteiger partial charge in [0.25, 0.3) is 15.9 Å². The average molecular weight is 558 g/mol. The summed E-state index contributed by atoms with van der Waals surface area (Å²) in [6, 6.07) is 5.01. The summed E-state index contributed by atoms with van der Waals surface area (Å²) in [5.41, 5.74) is 0.925. The third-order valence-corrected chi connectivity index (χ3v) is 6.21. The number of benzene rings is 1. The number of halogens is 2. The van der Waals surface area contributed by atoms with Crippen LogP contribution in [-0.2, 0) is 26.1 Å². The monoisotopic (exact) mass is 556 g/mol. The van der Waals surface area contributed by atoms with Crippen LogP contribution in [0.1, 0.15) is 57.6 Å². The molecule has 1 heterocycles. The van der Waals surface area contributed by atoms with E-state index in [0.29, 0.717) is 34.2 Å². The van der Waals surface area contributed by atoms with Gasteiger partial charge in [-0.1, -0.05) is 48.7 Å². The zero-order chi connectivity index (χ0) is 27.1. The van der Waals surface area contributed by atoms with Gasteiger partial charge in [0.05, 0.1) is 12.2 Å². The highest BCUT2D eigenvalue weighted by molar-refractivity contribution is 7.92. The van der Waals surface area contributed by atoms with Crippen molar-refractivity contribution in [3.63, 3.8) is 0 Å². The molecule has 0 aliphatic carbocycles. The zero-order valence-electron chi connectivity index (χ0n) is 20.8. The van der Waals surface area contributed by atoms with Crippen LogP contribution in [-0.4, -0.2) is 35.6 Å². The first kappa shape index (κ1) is 29.4. The van der Waals surface area contributed by atoms with Crippen molar-refractivity contribution in [2.75, 3.05) is 5.32 Å². The maximum Gasteiger partial charge on any atom is 0.412 e. The molecule has 9 nitrogen and oxygen atoms in total. The summed E-state index contributed by atoms with van der Waals surface area (Å²) in [6.45, 7) is 9.20. The largest absolute Gasteiger partial charge is 0.444 e. The Morgan fingerprint density at radius 1 is 1.22 bits per heavy atom. The molecule has 0 atom stereocenters. The maximum atomic E-state index is 12.2. The molecule has 0 saturated heterocycles. The lowest BCUT2D eigenvalue weighted by Crippen LogP contribution is -2.27. The average Bonchev–Trinajstić information content (AvgIpc) is 2.99. The van der Waals surface area contributed by atoms with E-state index in [1.54, 1.807) is 50.5 Å². The van der Waals surface area contributed by atoms with Crippen LogP contribution in [0.15, 0.2) is 35.8 Å². The molecule has 0 aliphatic heterocycles. The topological polar surface area (TPSA) is 119 Å². The first-order chi connectivity index (χ1) is 16.7. The fourth-order valence-electron chi connectivity index (χ4n) is 2.97. The van der Waals surface area contributed by atoms with Gasteiger partial charge in [0.2, 0.25) is 0 Å². The van der Waals surface area contributed by atoms with Crippen molar-refractivity contribution in [3.05, 3.63) is 63.0 Å². The second kappa shape index (κ2) is 12.4. The number of anilines is 1. The summed E-state index contributed by atoms with van der Waals surface area (Å²) in [5, 5.41) is 4.11. The summed E-state index contributed by atoms with van der Waals surface area (Å²) >= 11 is 12.7. The van der Waals surface area contributed by atoms with Crippen molar-refractivity contribution in [2.24, 2.45) is 0 Å². The number of hydrogen-bond donors (Lipinski definition) is 2. The standard InChI is InChI=1S/C24H30Cl2N4O5S/c1-6-7-8-13-36(33,34)29-21(31)12-11-20-22(26)27-16(2)30(20)15-17-9-10-18(14-19(17)25)28-23(32)35-24(3,4)5/h8-14H,6-7,15H2,1-5H3,(H,28,32)(H,29,31). The number of carbonyl (C=O) groups is 2. The normalized spacial score (nSPS) is 12.3. The summed E-state index contributed by atoms with van der Waals surface area (Å²) in [5.74, 6) is -0.268. The Labute approximate surface area is 221 Å². The molecule has 196 valence electrons. The van der Waals surface area contributed by atoms with Crippen molar-refractivity contribution < 1.29 is 22.7 Å². The fraction of sp³-hybridized carbons (Fsp3) is 0.375. The highest BCUT2D eigenvalue weighted by Crippen LogP contribution is 2.26. The lowest BCUT2D eigenvalue weighted by atomic mass is 10.2. The highest BCUT2D eigenvalue weighted by Gasteiger charge is 2.17. The summed E-state index contributed by atoms with van der Waals surface area (Å²) < 4.78 is 32.8. The van der Waals surface area contributed by atoms with Crippen molar-refractivity contribution in [1.82, 2.24) is 14.3 Å². The van der Waals surface area contributed by atoms with E-state index in [9.17, 15) is 18.0 Å². The summed E-state index contributed by atoms with van der Waals surface area (Å²) in [6.07, 6.45) is 4.70. The minimum Gasteiger partial charge on any atom is -0.444 e. The third kappa shape index (κ3) is 9.33. The number of hydrogen-bond acceptors (Lipinski definition) is 6. The molecule has 2 rings (SSSR count). The van der Waals surface area contributed by atoms with Crippen LogP contribution in [0.3, 0.4) is 0 Å². The third-order valence-electron chi connectivity index (χ3n) is 4.55. The quantitative estimate of drug-likeness (QED) is 0.384. The molecule has 1 aromatic heterocycles. The van der Waals surface area contributed by atoms with E-state index >= 15 is 0 Å². The molecule has 0 unspecified atom stereocenters. The summed E-state index contributed by atoms with van der Waals surface area (Å²) in [4.78, 5) is 28.4. The Kier molecular flexibility index (Phi) is 10.2. The van der Waals surface area contributed by atoms with E-state index in [1.807, 2.05) is 11.6 Å². The van der Waals surface area contributed by atoms with Gasteiger partial charge >= 0.3 is 6.09 Å². The second-order valence-electron chi connectivity index (χ2n) is 8.86. The van der Waals surface area contributed by atoms with E-state index in [1.165, 1.54) is 12.2 Å². The minimum atomic E-state index is -3.89. The number of carbonyl (C=O) groups excluding carboxylic acids is 2. The van der Waals surface area contributed by atoms with Crippen LogP contribution in [0.4, 0.5) is 10.5 Å². The molecule has 36 heavy (non-hydrogen) atoms. The molecule has 2 aromatic rings. The lowest BCUT2D eigenvalue weighted by Gasteiger charge is -2.20. The van der Waals surface area contributed by atoms with Crippen LogP contribution < -0.4 is 10.0 Å². The van der Waals surface area contributed by atoms with Gasteiger partial charge in [-0.25, -0.2) is 22.9 Å². The summed E-state index contributed by atoms with van der Waals surface area (Å²) in [7, 11) is -3.89. The lowest BCUT2D eigenvalue weighted by molar-refractivity contribution is -0.114. The molecule has 0 bridgehead atoms. The molecule has 0 aliphatic rings. The van der Waals surface area contributed by atoms with Crippen LogP contribution in [0.2, 0.25) is 10.2 Å². The van der Waals surface area contributed by atoms with Crippen LogP contribution >= 0.6 is 23.2 Å². The van der Waals surface area contributed by atoms with E-state index in [4.69, 9.17) is 27.9 Å². The number of aryl methyl sites for hydroxylation is 1. The Hall–Kier alpha value is -2.82. The highest BCUT2D eigenvalue weighted by atomic mass is 35.5. The Morgan fingerprint density at radius 3 is 2.53 bits per heavy atom. The number of unbranched alkanes of at least 4 members (excludes halogenated alkanes) is 1. The zero-order valence-corrected chi connectivity index (χ0v) is 23.1. The fourth-order valence-corrected chi connectivity index (χ4v) is 4.31. The van der Waals surface area contributed by atoms with Crippen molar-refractivity contribution >= 4 is 57.0 Å². The molecule has 1 aromatic carbocycles. The number of imidazole rings is 1. The first-order valence-electron chi connectivity index (χ1n) is 11.1. The molecule has 2 N–H and O–H groups in total. The Bertz CT molecular complexity index is 1280. The number of nitrogens with zero attached hydrogens (tertiary/aromatic N) is 2. The number of allylic oxidation sites excluding steroid dienone is 1. The van der Waals surface area contributed by atoms with Crippen molar-refractivity contribution in [3.8, 4) is 0 Å². The number of amides is 2. The Balaban J connectivity index is 2.18. The van der Waals surface area contributed by atoms with Crippen molar-refractivity contribution in [2.45, 2.75) is 59.6 Å². The molecule has 2 amide bonds. The van der Waals surface area contributed by atoms with Gasteiger partial charge in [-0.2, -0.15) is 0 Å². The van der Waals surface area contributed by atoms with E-state index < -0.39 is 27.6 Å². The van der Waals surface area contributed by atoms with Gasteiger partial charge in [-0.3, -0.25) is 10.1 Å². The molecular formula is C24H30Cl2N4O5S. The predicted molar refractivity (Wildman–Crippen MR) is 143 cm³/mol. The van der Waals surface area contributed by atoms with E-state index in [-0.39, 0.29) is 11.7 Å². The van der Waals surface area contributed by atoms with Gasteiger partial charge in [0, 0.05) is 22.2 Å². The van der Waals surface area contributed by atoms with Gasteiger partial charge in [-0.15, -0.1) is 0 Å². The minimum absolute atomic E-state index is 0.140. The number of aromatic nitrogens is 2. The molecule has 0 saturated carbocycles. The van der Waals surface area contributed by atoms with Crippen LogP contribution in [0.5, 0.6) is 0 Å². The van der Waals surface area contributed by atoms with Crippen molar-refractivity contribution in [1.29, 1.82) is 0 Å². The van der Waals surface area contributed by atoms with Crippen LogP contribution in [0.25, 0.3) is 6.08 Å². The molecule has 0 fully saturated rings. The SMILES string of the molecule is CCCC=CS(=O)(=O)NC(=O)C=Cc1c(Cl)nc(C)n1Cc1ccc(NC(=O)OC(C)(C)C)cc1Cl. The van der Waals surface area contributed by atoms with Gasteiger partial charge < -0.3 is 9.30 Å². The second-order valence-corrected chi connectivity index (χ2v) is 11.2. The number of nitrogens with one attached hydrogen (secondary N) is 2. The van der Waals surface area contributed by atoms with Gasteiger partial charge in [0.1, 0.15) is 11.4 Å². The maximum absolute atomic E-state index is 12.2. The van der Waals surface area contributed by atoms with Gasteiger partial charge in [0.15, 0.2) is 5.15 Å². The number of ether oxygens (including phenoxy) is 1. The van der Waals surface area contributed by atoms with Crippen LogP contribution in [0, 0.1) is 6.92 Å². The molecular weight excluding hydrogens is 527 g/mol. The van der Waals surface area contributed by atoms with E-state index in [0.717, 1.165) is 17.9 Å². The molecule has 12 heteroatoms.